The molecular formula is C20H19N5O. The zero-order valence-corrected chi connectivity index (χ0v) is 14.4. The number of fused-ring (bicyclic) bond motifs is 1. The van der Waals surface area contributed by atoms with Crippen LogP contribution in [0.3, 0.4) is 0 Å². The number of amides is 1. The molecule has 1 atom stereocenters. The lowest BCUT2D eigenvalue weighted by molar-refractivity contribution is -0.123. The van der Waals surface area contributed by atoms with Crippen molar-refractivity contribution in [1.29, 1.82) is 0 Å². The fourth-order valence-corrected chi connectivity index (χ4v) is 2.99. The van der Waals surface area contributed by atoms with E-state index in [1.165, 1.54) is 0 Å². The van der Waals surface area contributed by atoms with Crippen LogP contribution in [0.25, 0.3) is 5.65 Å². The van der Waals surface area contributed by atoms with Crippen LogP contribution in [0.2, 0.25) is 0 Å². The minimum Gasteiger partial charge on any atom is -0.348 e. The van der Waals surface area contributed by atoms with Gasteiger partial charge in [-0.05, 0) is 36.2 Å². The molecule has 6 nitrogen and oxygen atoms in total. The highest BCUT2D eigenvalue weighted by atomic mass is 16.2. The van der Waals surface area contributed by atoms with Crippen molar-refractivity contribution in [2.75, 3.05) is 0 Å². The van der Waals surface area contributed by atoms with Crippen LogP contribution in [-0.4, -0.2) is 25.1 Å². The Morgan fingerprint density at radius 3 is 2.77 bits per heavy atom. The number of aryl methyl sites for hydroxylation is 1. The normalized spacial score (nSPS) is 12.2. The summed E-state index contributed by atoms with van der Waals surface area (Å²) in [6.45, 7) is 2.40. The Labute approximate surface area is 151 Å². The molecule has 0 saturated heterocycles. The number of carbonyl (C=O) groups is 1. The maximum Gasteiger partial charge on any atom is 0.249 e. The largest absolute Gasteiger partial charge is 0.348 e. The van der Waals surface area contributed by atoms with Gasteiger partial charge in [0, 0.05) is 24.8 Å². The first-order valence-corrected chi connectivity index (χ1v) is 8.47. The quantitative estimate of drug-likeness (QED) is 0.605. The van der Waals surface area contributed by atoms with Crippen LogP contribution in [0.5, 0.6) is 0 Å². The van der Waals surface area contributed by atoms with Crippen LogP contribution in [0, 0.1) is 6.92 Å². The molecule has 0 aliphatic rings. The standard InChI is InChI=1S/C20H19N5O/c1-15-8-11-24-14-17(23-18(24)12-15)13-21-20(26)19(25-10-5-9-22-25)16-6-3-2-4-7-16/h2-12,14,19H,13H2,1H3,(H,21,26)/t19-/m1/s1. The maximum absolute atomic E-state index is 12.9. The predicted octanol–water partition coefficient (Wildman–Crippen LogP) is 2.75. The first-order valence-electron chi connectivity index (χ1n) is 8.47. The Morgan fingerprint density at radius 1 is 1.15 bits per heavy atom. The second kappa shape index (κ2) is 6.84. The van der Waals surface area contributed by atoms with Gasteiger partial charge in [-0.25, -0.2) is 4.98 Å². The Kier molecular flexibility index (Phi) is 4.23. The Hall–Kier alpha value is -3.41. The van der Waals surface area contributed by atoms with E-state index in [4.69, 9.17) is 0 Å². The van der Waals surface area contributed by atoms with E-state index in [0.29, 0.717) is 6.54 Å². The van der Waals surface area contributed by atoms with Crippen molar-refractivity contribution in [1.82, 2.24) is 24.5 Å². The Morgan fingerprint density at radius 2 is 2.00 bits per heavy atom. The molecule has 0 aliphatic heterocycles. The average molecular weight is 345 g/mol. The Balaban J connectivity index is 1.54. The summed E-state index contributed by atoms with van der Waals surface area (Å²) in [5.41, 5.74) is 3.73. The number of nitrogens with one attached hydrogen (secondary N) is 1. The second-order valence-electron chi connectivity index (χ2n) is 6.22. The number of imidazole rings is 1. The van der Waals surface area contributed by atoms with E-state index in [1.807, 2.05) is 72.2 Å². The molecule has 0 fully saturated rings. The van der Waals surface area contributed by atoms with E-state index < -0.39 is 6.04 Å². The topological polar surface area (TPSA) is 64.2 Å². The lowest BCUT2D eigenvalue weighted by atomic mass is 10.1. The third-order valence-electron chi connectivity index (χ3n) is 4.26. The lowest BCUT2D eigenvalue weighted by Crippen LogP contribution is -2.33. The summed E-state index contributed by atoms with van der Waals surface area (Å²) in [6, 6.07) is 15.0. The summed E-state index contributed by atoms with van der Waals surface area (Å²) in [4.78, 5) is 17.4. The second-order valence-corrected chi connectivity index (χ2v) is 6.22. The van der Waals surface area contributed by atoms with Gasteiger partial charge in [0.1, 0.15) is 5.65 Å². The summed E-state index contributed by atoms with van der Waals surface area (Å²) in [6.07, 6.45) is 7.37. The predicted molar refractivity (Wildman–Crippen MR) is 98.6 cm³/mol. The SMILES string of the molecule is Cc1ccn2cc(CNC(=O)[C@@H](c3ccccc3)n3cccn3)nc2c1. The van der Waals surface area contributed by atoms with Crippen LogP contribution in [0.1, 0.15) is 22.9 Å². The summed E-state index contributed by atoms with van der Waals surface area (Å²) in [5, 5.41) is 7.24. The molecule has 0 radical (unpaired) electrons. The summed E-state index contributed by atoms with van der Waals surface area (Å²) >= 11 is 0. The van der Waals surface area contributed by atoms with Crippen molar-refractivity contribution in [2.45, 2.75) is 19.5 Å². The minimum atomic E-state index is -0.509. The maximum atomic E-state index is 12.9. The molecular weight excluding hydrogens is 326 g/mol. The number of rotatable bonds is 5. The minimum absolute atomic E-state index is 0.117. The van der Waals surface area contributed by atoms with Gasteiger partial charge >= 0.3 is 0 Å². The van der Waals surface area contributed by atoms with Crippen LogP contribution >= 0.6 is 0 Å². The molecule has 4 aromatic rings. The van der Waals surface area contributed by atoms with Crippen molar-refractivity contribution in [3.05, 3.63) is 90.1 Å². The molecule has 1 N–H and O–H groups in total. The van der Waals surface area contributed by atoms with E-state index >= 15 is 0 Å². The monoisotopic (exact) mass is 345 g/mol. The molecule has 0 spiro atoms. The van der Waals surface area contributed by atoms with Crippen molar-refractivity contribution in [2.24, 2.45) is 0 Å². The summed E-state index contributed by atoms with van der Waals surface area (Å²) in [5.74, 6) is -0.117. The van der Waals surface area contributed by atoms with E-state index in [9.17, 15) is 4.79 Å². The lowest BCUT2D eigenvalue weighted by Gasteiger charge is -2.17. The van der Waals surface area contributed by atoms with Crippen molar-refractivity contribution in [3.8, 4) is 0 Å². The molecule has 0 aliphatic carbocycles. The van der Waals surface area contributed by atoms with Crippen LogP contribution in [-0.2, 0) is 11.3 Å². The molecule has 3 aromatic heterocycles. The van der Waals surface area contributed by atoms with Crippen molar-refractivity contribution < 1.29 is 4.79 Å². The van der Waals surface area contributed by atoms with Gasteiger partial charge in [-0.3, -0.25) is 9.48 Å². The van der Waals surface area contributed by atoms with Crippen LogP contribution in [0.4, 0.5) is 0 Å². The van der Waals surface area contributed by atoms with Gasteiger partial charge in [0.2, 0.25) is 5.91 Å². The fourth-order valence-electron chi connectivity index (χ4n) is 2.99. The highest BCUT2D eigenvalue weighted by Gasteiger charge is 2.22. The van der Waals surface area contributed by atoms with Crippen molar-refractivity contribution in [3.63, 3.8) is 0 Å². The number of nitrogens with zero attached hydrogens (tertiary/aromatic N) is 4. The first kappa shape index (κ1) is 16.1. The molecule has 1 aromatic carbocycles. The van der Waals surface area contributed by atoms with Gasteiger partial charge in [0.15, 0.2) is 6.04 Å². The fraction of sp³-hybridized carbons (Fsp3) is 0.150. The average Bonchev–Trinajstić information content (AvgIpc) is 3.30. The molecule has 130 valence electrons. The molecule has 0 bridgehead atoms. The molecule has 1 amide bonds. The van der Waals surface area contributed by atoms with Gasteiger partial charge < -0.3 is 9.72 Å². The number of hydrogen-bond donors (Lipinski definition) is 1. The molecule has 0 unspecified atom stereocenters. The summed E-state index contributed by atoms with van der Waals surface area (Å²) in [7, 11) is 0. The van der Waals surface area contributed by atoms with Gasteiger partial charge in [-0.2, -0.15) is 5.10 Å². The van der Waals surface area contributed by atoms with E-state index in [1.54, 1.807) is 17.1 Å². The van der Waals surface area contributed by atoms with Crippen LogP contribution in [0.15, 0.2) is 73.3 Å². The first-order chi connectivity index (χ1) is 12.7. The molecule has 6 heteroatoms. The number of pyridine rings is 1. The van der Waals surface area contributed by atoms with E-state index in [2.05, 4.69) is 15.4 Å². The third-order valence-corrected chi connectivity index (χ3v) is 4.26. The van der Waals surface area contributed by atoms with Crippen LogP contribution < -0.4 is 5.32 Å². The molecule has 26 heavy (non-hydrogen) atoms. The van der Waals surface area contributed by atoms with E-state index in [-0.39, 0.29) is 5.91 Å². The summed E-state index contributed by atoms with van der Waals surface area (Å²) < 4.78 is 3.62. The molecule has 4 rings (SSSR count). The highest BCUT2D eigenvalue weighted by Crippen LogP contribution is 2.18. The third kappa shape index (κ3) is 3.21. The molecule has 3 heterocycles. The van der Waals surface area contributed by atoms with Gasteiger partial charge in [0.05, 0.1) is 12.2 Å². The number of hydrogen-bond acceptors (Lipinski definition) is 3. The van der Waals surface area contributed by atoms with Gasteiger partial charge in [-0.1, -0.05) is 30.3 Å². The number of aromatic nitrogens is 4. The van der Waals surface area contributed by atoms with Gasteiger partial charge in [-0.15, -0.1) is 0 Å². The van der Waals surface area contributed by atoms with Gasteiger partial charge in [0.25, 0.3) is 0 Å². The van der Waals surface area contributed by atoms with Crippen molar-refractivity contribution >= 4 is 11.6 Å². The Bertz CT molecular complexity index is 1020. The smallest absolute Gasteiger partial charge is 0.249 e. The molecule has 0 saturated carbocycles. The highest BCUT2D eigenvalue weighted by molar-refractivity contribution is 5.83. The zero-order valence-electron chi connectivity index (χ0n) is 14.4. The van der Waals surface area contributed by atoms with E-state index in [0.717, 1.165) is 22.5 Å². The number of carbonyl (C=O) groups excluding carboxylic acids is 1. The zero-order chi connectivity index (χ0) is 17.9. The number of benzene rings is 1.